The van der Waals surface area contributed by atoms with Gasteiger partial charge in [0.2, 0.25) is 0 Å². The Morgan fingerprint density at radius 3 is 2.52 bits per heavy atom. The summed E-state index contributed by atoms with van der Waals surface area (Å²) in [5, 5.41) is 4.30. The molecule has 0 aliphatic rings. The van der Waals surface area contributed by atoms with Crippen molar-refractivity contribution in [3.05, 3.63) is 64.7 Å². The molecule has 2 aromatic rings. The highest BCUT2D eigenvalue weighted by Gasteiger charge is 2.08. The topological polar surface area (TPSA) is 21.3 Å². The standard InChI is InChI=1S/C18H22ClNO/c1-13(2)21-16-8-6-7-15(11-16)12-20-14(3)17-9-4-5-10-18(17)19/h4-11,13-14,20H,12H2,1-3H3. The maximum Gasteiger partial charge on any atom is 0.120 e. The summed E-state index contributed by atoms with van der Waals surface area (Å²) in [6.45, 7) is 6.96. The van der Waals surface area contributed by atoms with E-state index in [1.807, 2.05) is 44.2 Å². The summed E-state index contributed by atoms with van der Waals surface area (Å²) < 4.78 is 5.72. The molecular weight excluding hydrogens is 282 g/mol. The summed E-state index contributed by atoms with van der Waals surface area (Å²) in [5.74, 6) is 0.912. The molecule has 0 saturated carbocycles. The van der Waals surface area contributed by atoms with Gasteiger partial charge in [-0.3, -0.25) is 0 Å². The molecule has 0 bridgehead atoms. The van der Waals surface area contributed by atoms with Crippen LogP contribution >= 0.6 is 11.6 Å². The minimum absolute atomic E-state index is 0.190. The van der Waals surface area contributed by atoms with Crippen molar-refractivity contribution in [2.75, 3.05) is 0 Å². The Hall–Kier alpha value is -1.51. The number of benzene rings is 2. The molecule has 0 fully saturated rings. The van der Waals surface area contributed by atoms with Gasteiger partial charge in [-0.25, -0.2) is 0 Å². The fraction of sp³-hybridized carbons (Fsp3) is 0.333. The Labute approximate surface area is 132 Å². The zero-order valence-corrected chi connectivity index (χ0v) is 13.5. The van der Waals surface area contributed by atoms with Crippen molar-refractivity contribution in [1.29, 1.82) is 0 Å². The minimum Gasteiger partial charge on any atom is -0.491 e. The second kappa shape index (κ2) is 7.48. The average molecular weight is 304 g/mol. The molecule has 0 spiro atoms. The molecule has 112 valence electrons. The number of rotatable bonds is 6. The molecule has 2 aromatic carbocycles. The third-order valence-electron chi connectivity index (χ3n) is 3.25. The van der Waals surface area contributed by atoms with Gasteiger partial charge in [0.1, 0.15) is 5.75 Å². The first-order valence-electron chi connectivity index (χ1n) is 7.29. The van der Waals surface area contributed by atoms with Crippen molar-refractivity contribution >= 4 is 11.6 Å². The van der Waals surface area contributed by atoms with E-state index in [9.17, 15) is 0 Å². The second-order valence-corrected chi connectivity index (χ2v) is 5.85. The molecule has 1 atom stereocenters. The molecule has 3 heteroatoms. The van der Waals surface area contributed by atoms with Gasteiger partial charge >= 0.3 is 0 Å². The summed E-state index contributed by atoms with van der Waals surface area (Å²) in [6, 6.07) is 16.3. The van der Waals surface area contributed by atoms with Gasteiger partial charge in [0.25, 0.3) is 0 Å². The van der Waals surface area contributed by atoms with Crippen LogP contribution in [0.5, 0.6) is 5.75 Å². The van der Waals surface area contributed by atoms with Crippen LogP contribution < -0.4 is 10.1 Å². The van der Waals surface area contributed by atoms with Gasteiger partial charge in [-0.15, -0.1) is 0 Å². The molecule has 0 saturated heterocycles. The van der Waals surface area contributed by atoms with Crippen molar-refractivity contribution in [1.82, 2.24) is 5.32 Å². The first kappa shape index (κ1) is 15.9. The van der Waals surface area contributed by atoms with E-state index >= 15 is 0 Å². The van der Waals surface area contributed by atoms with Crippen LogP contribution in [-0.2, 0) is 6.54 Å². The van der Waals surface area contributed by atoms with Crippen molar-refractivity contribution in [3.63, 3.8) is 0 Å². The summed E-state index contributed by atoms with van der Waals surface area (Å²) in [4.78, 5) is 0. The maximum absolute atomic E-state index is 6.22. The average Bonchev–Trinajstić information content (AvgIpc) is 2.45. The smallest absolute Gasteiger partial charge is 0.120 e. The lowest BCUT2D eigenvalue weighted by molar-refractivity contribution is 0.242. The monoisotopic (exact) mass is 303 g/mol. The van der Waals surface area contributed by atoms with Gasteiger partial charge in [0.15, 0.2) is 0 Å². The molecule has 0 radical (unpaired) electrons. The van der Waals surface area contributed by atoms with Gasteiger partial charge in [-0.2, -0.15) is 0 Å². The minimum atomic E-state index is 0.190. The number of hydrogen-bond acceptors (Lipinski definition) is 2. The lowest BCUT2D eigenvalue weighted by Crippen LogP contribution is -2.18. The molecule has 1 unspecified atom stereocenters. The van der Waals surface area contributed by atoms with E-state index in [4.69, 9.17) is 16.3 Å². The summed E-state index contributed by atoms with van der Waals surface area (Å²) in [7, 11) is 0. The molecule has 1 N–H and O–H groups in total. The lowest BCUT2D eigenvalue weighted by atomic mass is 10.1. The highest BCUT2D eigenvalue weighted by Crippen LogP contribution is 2.23. The van der Waals surface area contributed by atoms with Crippen LogP contribution in [0, 0.1) is 0 Å². The third kappa shape index (κ3) is 4.76. The molecule has 0 aromatic heterocycles. The first-order chi connectivity index (χ1) is 10.1. The Balaban J connectivity index is 1.98. The Morgan fingerprint density at radius 2 is 1.81 bits per heavy atom. The van der Waals surface area contributed by atoms with Crippen LogP contribution in [0.4, 0.5) is 0 Å². The van der Waals surface area contributed by atoms with Gasteiger partial charge < -0.3 is 10.1 Å². The fourth-order valence-electron chi connectivity index (χ4n) is 2.21. The summed E-state index contributed by atoms with van der Waals surface area (Å²) >= 11 is 6.22. The summed E-state index contributed by atoms with van der Waals surface area (Å²) in [5.41, 5.74) is 2.32. The van der Waals surface area contributed by atoms with E-state index in [1.54, 1.807) is 0 Å². The quantitative estimate of drug-likeness (QED) is 0.813. The largest absolute Gasteiger partial charge is 0.491 e. The van der Waals surface area contributed by atoms with Crippen LogP contribution in [0.1, 0.15) is 37.9 Å². The van der Waals surface area contributed by atoms with E-state index < -0.39 is 0 Å². The van der Waals surface area contributed by atoms with E-state index in [1.165, 1.54) is 5.56 Å². The van der Waals surface area contributed by atoms with Crippen LogP contribution in [0.15, 0.2) is 48.5 Å². The SMILES string of the molecule is CC(C)Oc1cccc(CNC(C)c2ccccc2Cl)c1. The van der Waals surface area contributed by atoms with Crippen LogP contribution in [0.3, 0.4) is 0 Å². The fourth-order valence-corrected chi connectivity index (χ4v) is 2.51. The highest BCUT2D eigenvalue weighted by molar-refractivity contribution is 6.31. The van der Waals surface area contributed by atoms with Crippen LogP contribution in [0.2, 0.25) is 5.02 Å². The first-order valence-corrected chi connectivity index (χ1v) is 7.67. The highest BCUT2D eigenvalue weighted by atomic mass is 35.5. The normalized spacial score (nSPS) is 12.4. The summed E-state index contributed by atoms with van der Waals surface area (Å²) in [6.07, 6.45) is 0.190. The zero-order valence-electron chi connectivity index (χ0n) is 12.8. The molecule has 0 amide bonds. The number of hydrogen-bond donors (Lipinski definition) is 1. The van der Waals surface area contributed by atoms with Crippen LogP contribution in [0.25, 0.3) is 0 Å². The Kier molecular flexibility index (Phi) is 5.66. The number of nitrogens with one attached hydrogen (secondary N) is 1. The van der Waals surface area contributed by atoms with Gasteiger partial charge in [-0.05, 0) is 50.1 Å². The van der Waals surface area contributed by atoms with Crippen LogP contribution in [-0.4, -0.2) is 6.10 Å². The van der Waals surface area contributed by atoms with E-state index in [0.29, 0.717) is 0 Å². The van der Waals surface area contributed by atoms with Gasteiger partial charge in [-0.1, -0.05) is 41.9 Å². The van der Waals surface area contributed by atoms with Crippen molar-refractivity contribution in [2.45, 2.75) is 39.5 Å². The molecular formula is C18H22ClNO. The van der Waals surface area contributed by atoms with Crippen molar-refractivity contribution in [3.8, 4) is 5.75 Å². The number of halogens is 1. The van der Waals surface area contributed by atoms with E-state index in [-0.39, 0.29) is 12.1 Å². The molecule has 21 heavy (non-hydrogen) atoms. The molecule has 2 rings (SSSR count). The maximum atomic E-state index is 6.22. The third-order valence-corrected chi connectivity index (χ3v) is 3.60. The number of ether oxygens (including phenoxy) is 1. The molecule has 0 aliphatic heterocycles. The predicted molar refractivity (Wildman–Crippen MR) is 88.9 cm³/mol. The van der Waals surface area contributed by atoms with E-state index in [0.717, 1.165) is 22.9 Å². The molecule has 2 nitrogen and oxygen atoms in total. The van der Waals surface area contributed by atoms with Gasteiger partial charge in [0.05, 0.1) is 6.10 Å². The van der Waals surface area contributed by atoms with Crippen molar-refractivity contribution < 1.29 is 4.74 Å². The second-order valence-electron chi connectivity index (χ2n) is 5.44. The van der Waals surface area contributed by atoms with Crippen molar-refractivity contribution in [2.24, 2.45) is 0 Å². The zero-order chi connectivity index (χ0) is 15.2. The van der Waals surface area contributed by atoms with Gasteiger partial charge in [0, 0.05) is 17.6 Å². The van der Waals surface area contributed by atoms with E-state index in [2.05, 4.69) is 30.4 Å². The Morgan fingerprint density at radius 1 is 1.05 bits per heavy atom. The molecule has 0 aliphatic carbocycles. The predicted octanol–water partition coefficient (Wildman–Crippen LogP) is 4.98. The lowest BCUT2D eigenvalue weighted by Gasteiger charge is -2.16. The Bertz CT molecular complexity index is 583. The molecule has 0 heterocycles.